The van der Waals surface area contributed by atoms with Crippen molar-refractivity contribution in [3.05, 3.63) is 68.6 Å². The number of rotatable bonds is 5. The number of carboxylic acid groups (broad SMARTS) is 1. The van der Waals surface area contributed by atoms with Gasteiger partial charge in [0.05, 0.1) is 10.9 Å². The molecule has 6 nitrogen and oxygen atoms in total. The number of aryl methyl sites for hydroxylation is 2. The first-order valence-corrected chi connectivity index (χ1v) is 9.24. The van der Waals surface area contributed by atoms with Crippen LogP contribution < -0.4 is 10.7 Å². The molecule has 1 aliphatic rings. The number of hydrogen-bond donors (Lipinski definition) is 2. The van der Waals surface area contributed by atoms with E-state index in [1.54, 1.807) is 6.20 Å². The topological polar surface area (TPSA) is 84.2 Å². The first kappa shape index (κ1) is 19.0. The molecule has 0 atom stereocenters. The van der Waals surface area contributed by atoms with E-state index in [4.69, 9.17) is 0 Å². The number of aromatic carboxylic acids is 1. The summed E-state index contributed by atoms with van der Waals surface area (Å²) in [5.74, 6) is -2.68. The molecule has 2 aromatic heterocycles. The standard InChI is InChI=1S/C21H19F2N3O3/c1-10-5-11(2)20(24-7-10)25-8-14-16(22)6-13-18(17(14)23)26(12-3-4-12)9-15(19(13)27)21(28)29/h5-7,9,12H,3-4,8H2,1-2H3,(H,24,25)(H,28,29). The van der Waals surface area contributed by atoms with Gasteiger partial charge in [0, 0.05) is 30.5 Å². The predicted octanol–water partition coefficient (Wildman–Crippen LogP) is 3.94. The lowest BCUT2D eigenvalue weighted by Crippen LogP contribution is -2.20. The summed E-state index contributed by atoms with van der Waals surface area (Å²) in [6.45, 7) is 3.58. The predicted molar refractivity (Wildman–Crippen MR) is 104 cm³/mol. The number of nitrogens with one attached hydrogen (secondary N) is 1. The number of fused-ring (bicyclic) bond motifs is 1. The third kappa shape index (κ3) is 3.35. The zero-order valence-corrected chi connectivity index (χ0v) is 15.9. The largest absolute Gasteiger partial charge is 0.477 e. The Balaban J connectivity index is 1.84. The van der Waals surface area contributed by atoms with Gasteiger partial charge in [-0.25, -0.2) is 18.6 Å². The number of anilines is 1. The van der Waals surface area contributed by atoms with E-state index in [2.05, 4.69) is 10.3 Å². The summed E-state index contributed by atoms with van der Waals surface area (Å²) in [6, 6.07) is 2.73. The van der Waals surface area contributed by atoms with Gasteiger partial charge in [-0.05, 0) is 43.9 Å². The van der Waals surface area contributed by atoms with Crippen LogP contribution in [0, 0.1) is 25.5 Å². The van der Waals surface area contributed by atoms with Crippen molar-refractivity contribution in [3.8, 4) is 0 Å². The highest BCUT2D eigenvalue weighted by Crippen LogP contribution is 2.38. The van der Waals surface area contributed by atoms with Crippen LogP contribution in [0.15, 0.2) is 29.3 Å². The van der Waals surface area contributed by atoms with E-state index in [9.17, 15) is 19.1 Å². The van der Waals surface area contributed by atoms with Gasteiger partial charge in [-0.3, -0.25) is 4.79 Å². The molecule has 2 heterocycles. The van der Waals surface area contributed by atoms with E-state index in [0.29, 0.717) is 5.82 Å². The average molecular weight is 399 g/mol. The van der Waals surface area contributed by atoms with Crippen LogP contribution in [0.3, 0.4) is 0 Å². The lowest BCUT2D eigenvalue weighted by atomic mass is 10.1. The van der Waals surface area contributed by atoms with Gasteiger partial charge in [0.15, 0.2) is 5.82 Å². The second kappa shape index (κ2) is 6.95. The fraction of sp³-hybridized carbons (Fsp3) is 0.286. The number of benzene rings is 1. The van der Waals surface area contributed by atoms with Gasteiger partial charge in [0.25, 0.3) is 0 Å². The highest BCUT2D eigenvalue weighted by atomic mass is 19.1. The van der Waals surface area contributed by atoms with Crippen LogP contribution in [0.25, 0.3) is 10.9 Å². The zero-order chi connectivity index (χ0) is 20.9. The molecule has 0 radical (unpaired) electrons. The van der Waals surface area contributed by atoms with Crippen molar-refractivity contribution in [2.45, 2.75) is 39.3 Å². The highest BCUT2D eigenvalue weighted by Gasteiger charge is 2.29. The molecular weight excluding hydrogens is 380 g/mol. The average Bonchev–Trinajstić information content (AvgIpc) is 3.48. The van der Waals surface area contributed by atoms with Gasteiger partial charge in [0.1, 0.15) is 17.2 Å². The monoisotopic (exact) mass is 399 g/mol. The second-order valence-electron chi connectivity index (χ2n) is 7.39. The summed E-state index contributed by atoms with van der Waals surface area (Å²) in [7, 11) is 0. The van der Waals surface area contributed by atoms with Crippen LogP contribution >= 0.6 is 0 Å². The molecular formula is C21H19F2N3O3. The van der Waals surface area contributed by atoms with E-state index < -0.39 is 28.6 Å². The van der Waals surface area contributed by atoms with Crippen molar-refractivity contribution in [2.75, 3.05) is 5.32 Å². The zero-order valence-electron chi connectivity index (χ0n) is 15.9. The third-order valence-electron chi connectivity index (χ3n) is 5.12. The van der Waals surface area contributed by atoms with Gasteiger partial charge >= 0.3 is 5.97 Å². The van der Waals surface area contributed by atoms with Crippen LogP contribution in [0.1, 0.15) is 45.9 Å². The van der Waals surface area contributed by atoms with Crippen LogP contribution in [0.2, 0.25) is 0 Å². The van der Waals surface area contributed by atoms with Gasteiger partial charge in [-0.1, -0.05) is 6.07 Å². The fourth-order valence-electron chi connectivity index (χ4n) is 3.51. The third-order valence-corrected chi connectivity index (χ3v) is 5.12. The van der Waals surface area contributed by atoms with Crippen LogP contribution in [-0.2, 0) is 6.54 Å². The first-order chi connectivity index (χ1) is 13.8. The van der Waals surface area contributed by atoms with Crippen molar-refractivity contribution in [2.24, 2.45) is 0 Å². The molecule has 1 saturated carbocycles. The summed E-state index contributed by atoms with van der Waals surface area (Å²) in [6.07, 6.45) is 4.30. The molecule has 0 amide bonds. The van der Waals surface area contributed by atoms with E-state index in [1.807, 2.05) is 19.9 Å². The van der Waals surface area contributed by atoms with Crippen molar-refractivity contribution < 1.29 is 18.7 Å². The SMILES string of the molecule is Cc1cnc(NCc2c(F)cc3c(=O)c(C(=O)O)cn(C4CC4)c3c2F)c(C)c1. The smallest absolute Gasteiger partial charge is 0.341 e. The van der Waals surface area contributed by atoms with Crippen molar-refractivity contribution in [1.29, 1.82) is 0 Å². The molecule has 29 heavy (non-hydrogen) atoms. The molecule has 0 bridgehead atoms. The molecule has 1 aromatic carbocycles. The molecule has 2 N–H and O–H groups in total. The second-order valence-corrected chi connectivity index (χ2v) is 7.39. The van der Waals surface area contributed by atoms with E-state index >= 15 is 4.39 Å². The lowest BCUT2D eigenvalue weighted by molar-refractivity contribution is 0.0694. The molecule has 8 heteroatoms. The number of halogens is 2. The summed E-state index contributed by atoms with van der Waals surface area (Å²) in [5, 5.41) is 12.0. The first-order valence-electron chi connectivity index (χ1n) is 9.24. The summed E-state index contributed by atoms with van der Waals surface area (Å²) in [4.78, 5) is 28.1. The maximum atomic E-state index is 15.4. The Labute approximate surface area is 164 Å². The number of aromatic nitrogens is 2. The number of nitrogens with zero attached hydrogens (tertiary/aromatic N) is 2. The van der Waals surface area contributed by atoms with E-state index in [0.717, 1.165) is 36.2 Å². The minimum absolute atomic E-state index is 0.0608. The molecule has 0 unspecified atom stereocenters. The van der Waals surface area contributed by atoms with Crippen LogP contribution in [0.4, 0.5) is 14.6 Å². The van der Waals surface area contributed by atoms with E-state index in [-0.39, 0.29) is 29.1 Å². The van der Waals surface area contributed by atoms with Crippen molar-refractivity contribution in [3.63, 3.8) is 0 Å². The van der Waals surface area contributed by atoms with Crippen molar-refractivity contribution >= 4 is 22.7 Å². The molecule has 1 aliphatic carbocycles. The Morgan fingerprint density at radius 1 is 1.31 bits per heavy atom. The summed E-state index contributed by atoms with van der Waals surface area (Å²) < 4.78 is 31.5. The van der Waals surface area contributed by atoms with Gasteiger partial charge < -0.3 is 15.0 Å². The molecule has 0 spiro atoms. The fourth-order valence-corrected chi connectivity index (χ4v) is 3.51. The van der Waals surface area contributed by atoms with Gasteiger partial charge in [-0.15, -0.1) is 0 Å². The Kier molecular flexibility index (Phi) is 4.56. The Morgan fingerprint density at radius 2 is 2.03 bits per heavy atom. The van der Waals surface area contributed by atoms with Crippen molar-refractivity contribution in [1.82, 2.24) is 9.55 Å². The van der Waals surface area contributed by atoms with Crippen LogP contribution in [-0.4, -0.2) is 20.6 Å². The summed E-state index contributed by atoms with van der Waals surface area (Å²) >= 11 is 0. The Hall–Kier alpha value is -3.29. The number of carbonyl (C=O) groups is 1. The Bertz CT molecular complexity index is 1220. The van der Waals surface area contributed by atoms with Gasteiger partial charge in [0.2, 0.25) is 5.43 Å². The Morgan fingerprint density at radius 3 is 2.66 bits per heavy atom. The normalized spacial score (nSPS) is 13.7. The lowest BCUT2D eigenvalue weighted by Gasteiger charge is -2.16. The molecule has 4 rings (SSSR count). The minimum Gasteiger partial charge on any atom is -0.477 e. The number of pyridine rings is 2. The highest BCUT2D eigenvalue weighted by molar-refractivity contribution is 5.93. The molecule has 150 valence electrons. The number of carboxylic acids is 1. The maximum absolute atomic E-state index is 15.4. The van der Waals surface area contributed by atoms with E-state index in [1.165, 1.54) is 4.57 Å². The van der Waals surface area contributed by atoms with Crippen LogP contribution in [0.5, 0.6) is 0 Å². The maximum Gasteiger partial charge on any atom is 0.341 e. The molecule has 0 saturated heterocycles. The summed E-state index contributed by atoms with van der Waals surface area (Å²) in [5.41, 5.74) is 0.142. The minimum atomic E-state index is -1.42. The number of hydrogen-bond acceptors (Lipinski definition) is 4. The molecule has 0 aliphatic heterocycles. The molecule has 3 aromatic rings. The van der Waals surface area contributed by atoms with Gasteiger partial charge in [-0.2, -0.15) is 0 Å². The molecule has 1 fully saturated rings. The quantitative estimate of drug-likeness (QED) is 0.679.